The lowest BCUT2D eigenvalue weighted by molar-refractivity contribution is -0.127. The van der Waals surface area contributed by atoms with Crippen LogP contribution in [-0.2, 0) is 29.6 Å². The Morgan fingerprint density at radius 2 is 1.77 bits per heavy atom. The van der Waals surface area contributed by atoms with Crippen molar-refractivity contribution in [1.82, 2.24) is 20.1 Å². The first-order chi connectivity index (χ1) is 16.8. The van der Waals surface area contributed by atoms with Crippen molar-refractivity contribution in [3.05, 3.63) is 65.5 Å². The van der Waals surface area contributed by atoms with Crippen LogP contribution in [0.4, 0.5) is 5.69 Å². The van der Waals surface area contributed by atoms with Crippen molar-refractivity contribution in [1.29, 1.82) is 0 Å². The summed E-state index contributed by atoms with van der Waals surface area (Å²) in [4.78, 5) is 35.6. The van der Waals surface area contributed by atoms with Crippen molar-refractivity contribution < 1.29 is 24.2 Å². The number of carbonyl (C=O) groups is 3. The quantitative estimate of drug-likeness (QED) is 0.344. The van der Waals surface area contributed by atoms with Gasteiger partial charge in [-0.3, -0.25) is 9.59 Å². The predicted octanol–water partition coefficient (Wildman–Crippen LogP) is 2.89. The van der Waals surface area contributed by atoms with E-state index in [1.54, 1.807) is 18.5 Å². The number of aromatic nitrogens is 3. The number of carboxylic acids is 1. The minimum absolute atomic E-state index is 0.0840. The number of aryl methyl sites for hydroxylation is 1. The lowest BCUT2D eigenvalue weighted by atomic mass is 10.2. The minimum Gasteiger partial charge on any atom is -0.481 e. The van der Waals surface area contributed by atoms with Crippen molar-refractivity contribution in [3.63, 3.8) is 0 Å². The molecule has 0 aliphatic rings. The fourth-order valence-corrected chi connectivity index (χ4v) is 3.75. The summed E-state index contributed by atoms with van der Waals surface area (Å²) < 4.78 is 7.40. The van der Waals surface area contributed by atoms with E-state index in [4.69, 9.17) is 9.84 Å². The van der Waals surface area contributed by atoms with Crippen LogP contribution in [0.2, 0.25) is 0 Å². The van der Waals surface area contributed by atoms with E-state index in [1.165, 1.54) is 41.6 Å². The van der Waals surface area contributed by atoms with E-state index in [1.807, 2.05) is 24.3 Å². The molecule has 3 N–H and O–H groups in total. The summed E-state index contributed by atoms with van der Waals surface area (Å²) in [6.45, 7) is 3.91. The van der Waals surface area contributed by atoms with Crippen molar-refractivity contribution in [2.45, 2.75) is 38.1 Å². The summed E-state index contributed by atoms with van der Waals surface area (Å²) in [5.41, 5.74) is 1.83. The molecule has 3 aromatic rings. The lowest BCUT2D eigenvalue weighted by Gasteiger charge is -2.15. The fraction of sp³-hybridized carbons (Fsp3) is 0.292. The molecule has 2 aromatic carbocycles. The van der Waals surface area contributed by atoms with Crippen molar-refractivity contribution >= 4 is 35.2 Å². The second-order valence-corrected chi connectivity index (χ2v) is 8.60. The average Bonchev–Trinajstić information content (AvgIpc) is 3.21. The maximum absolute atomic E-state index is 12.4. The largest absolute Gasteiger partial charge is 0.481 e. The average molecular weight is 498 g/mol. The fourth-order valence-electron chi connectivity index (χ4n) is 3.02. The Hall–Kier alpha value is -3.86. The molecule has 2 amide bonds. The third kappa shape index (κ3) is 7.31. The molecule has 0 spiro atoms. The normalized spacial score (nSPS) is 11.5. The Balaban J connectivity index is 1.46. The van der Waals surface area contributed by atoms with Crippen LogP contribution in [0.5, 0.6) is 5.75 Å². The van der Waals surface area contributed by atoms with Gasteiger partial charge in [-0.25, -0.2) is 4.79 Å². The van der Waals surface area contributed by atoms with Crippen LogP contribution >= 0.6 is 11.8 Å². The predicted molar refractivity (Wildman–Crippen MR) is 132 cm³/mol. The molecule has 11 heteroatoms. The molecule has 184 valence electrons. The van der Waals surface area contributed by atoms with E-state index in [-0.39, 0.29) is 29.7 Å². The number of rotatable bonds is 11. The summed E-state index contributed by atoms with van der Waals surface area (Å²) in [5, 5.41) is 23.1. The third-order valence-corrected chi connectivity index (χ3v) is 6.13. The highest BCUT2D eigenvalue weighted by Crippen LogP contribution is 2.17. The zero-order chi connectivity index (χ0) is 25.4. The molecule has 1 atom stereocenters. The number of carboxylic acid groups (broad SMARTS) is 1. The zero-order valence-electron chi connectivity index (χ0n) is 19.6. The number of carbonyl (C=O) groups excluding carboxylic acids is 2. The van der Waals surface area contributed by atoms with Gasteiger partial charge in [0.05, 0.1) is 17.9 Å². The van der Waals surface area contributed by atoms with Gasteiger partial charge >= 0.3 is 5.97 Å². The number of anilines is 1. The zero-order valence-corrected chi connectivity index (χ0v) is 20.5. The van der Waals surface area contributed by atoms with Crippen LogP contribution in [0.1, 0.15) is 35.6 Å². The van der Waals surface area contributed by atoms with Crippen molar-refractivity contribution in [2.75, 3.05) is 11.1 Å². The van der Waals surface area contributed by atoms with E-state index in [9.17, 15) is 14.4 Å². The highest BCUT2D eigenvalue weighted by atomic mass is 32.2. The van der Waals surface area contributed by atoms with Gasteiger partial charge in [0.1, 0.15) is 5.75 Å². The van der Waals surface area contributed by atoms with Crippen LogP contribution in [0.3, 0.4) is 0 Å². The number of hydrogen-bond acceptors (Lipinski definition) is 7. The molecule has 0 radical (unpaired) electrons. The Labute approximate surface area is 207 Å². The standard InChI is InChI=1S/C24H27N5O5S/c1-4-16-5-11-19(12-6-16)34-15(2)22(31)25-13-20-27-28-24(29(20)3)35-14-21(30)26-18-9-7-17(8-10-18)23(32)33/h5-12,15H,4,13-14H2,1-3H3,(H,25,31)(H,26,30)(H,32,33)/t15-/m1/s1. The van der Waals surface area contributed by atoms with Gasteiger partial charge in [-0.2, -0.15) is 0 Å². The summed E-state index contributed by atoms with van der Waals surface area (Å²) in [6, 6.07) is 13.5. The number of nitrogens with one attached hydrogen (secondary N) is 2. The number of aromatic carboxylic acids is 1. The lowest BCUT2D eigenvalue weighted by Crippen LogP contribution is -2.36. The third-order valence-electron chi connectivity index (χ3n) is 5.11. The highest BCUT2D eigenvalue weighted by Gasteiger charge is 2.17. The number of amides is 2. The Morgan fingerprint density at radius 1 is 1.09 bits per heavy atom. The molecule has 0 fully saturated rings. The maximum Gasteiger partial charge on any atom is 0.335 e. The summed E-state index contributed by atoms with van der Waals surface area (Å²) in [6.07, 6.45) is 0.249. The molecule has 0 unspecified atom stereocenters. The highest BCUT2D eigenvalue weighted by molar-refractivity contribution is 7.99. The Bertz CT molecular complexity index is 1180. The molecule has 0 saturated heterocycles. The number of ether oxygens (including phenoxy) is 1. The summed E-state index contributed by atoms with van der Waals surface area (Å²) in [7, 11) is 1.75. The van der Waals surface area contributed by atoms with E-state index in [0.29, 0.717) is 22.4 Å². The van der Waals surface area contributed by atoms with Gasteiger partial charge in [-0.15, -0.1) is 10.2 Å². The van der Waals surface area contributed by atoms with Crippen LogP contribution in [-0.4, -0.2) is 49.5 Å². The molecule has 10 nitrogen and oxygen atoms in total. The molecule has 0 aliphatic carbocycles. The van der Waals surface area contributed by atoms with E-state index >= 15 is 0 Å². The Kier molecular flexibility index (Phi) is 8.85. The monoisotopic (exact) mass is 497 g/mol. The number of hydrogen-bond donors (Lipinski definition) is 3. The van der Waals surface area contributed by atoms with E-state index < -0.39 is 12.1 Å². The van der Waals surface area contributed by atoms with Crippen LogP contribution in [0, 0.1) is 0 Å². The van der Waals surface area contributed by atoms with Crippen molar-refractivity contribution in [2.24, 2.45) is 7.05 Å². The number of benzene rings is 2. The van der Waals surface area contributed by atoms with Crippen molar-refractivity contribution in [3.8, 4) is 5.75 Å². The minimum atomic E-state index is -1.03. The van der Waals surface area contributed by atoms with Gasteiger partial charge in [-0.1, -0.05) is 30.8 Å². The molecule has 35 heavy (non-hydrogen) atoms. The summed E-state index contributed by atoms with van der Waals surface area (Å²) >= 11 is 1.19. The molecule has 0 saturated carbocycles. The van der Waals surface area contributed by atoms with Crippen LogP contribution in [0.15, 0.2) is 53.7 Å². The van der Waals surface area contributed by atoms with Gasteiger partial charge in [0.25, 0.3) is 5.91 Å². The molecule has 1 heterocycles. The van der Waals surface area contributed by atoms with Crippen LogP contribution < -0.4 is 15.4 Å². The molecular weight excluding hydrogens is 470 g/mol. The molecule has 1 aromatic heterocycles. The van der Waals surface area contributed by atoms with Crippen LogP contribution in [0.25, 0.3) is 0 Å². The van der Waals surface area contributed by atoms with E-state index in [2.05, 4.69) is 27.8 Å². The number of nitrogens with zero attached hydrogens (tertiary/aromatic N) is 3. The smallest absolute Gasteiger partial charge is 0.335 e. The second-order valence-electron chi connectivity index (χ2n) is 7.65. The molecular formula is C24H27N5O5S. The first-order valence-electron chi connectivity index (χ1n) is 10.9. The Morgan fingerprint density at radius 3 is 2.40 bits per heavy atom. The van der Waals surface area contributed by atoms with Gasteiger partial charge in [0.2, 0.25) is 5.91 Å². The van der Waals surface area contributed by atoms with Gasteiger partial charge in [0, 0.05) is 12.7 Å². The summed E-state index contributed by atoms with van der Waals surface area (Å²) in [5.74, 6) is -0.343. The topological polar surface area (TPSA) is 135 Å². The van der Waals surface area contributed by atoms with Gasteiger partial charge in [-0.05, 0) is 55.3 Å². The van der Waals surface area contributed by atoms with Gasteiger partial charge < -0.3 is 25.0 Å². The first kappa shape index (κ1) is 25.8. The SMILES string of the molecule is CCc1ccc(O[C@H](C)C(=O)NCc2nnc(SCC(=O)Nc3ccc(C(=O)O)cc3)n2C)cc1. The molecule has 3 rings (SSSR count). The molecule has 0 aliphatic heterocycles. The molecule has 0 bridgehead atoms. The first-order valence-corrected chi connectivity index (χ1v) is 11.9. The number of thioether (sulfide) groups is 1. The van der Waals surface area contributed by atoms with Gasteiger partial charge in [0.15, 0.2) is 17.1 Å². The second kappa shape index (κ2) is 12.0. The maximum atomic E-state index is 12.4. The van der Waals surface area contributed by atoms with E-state index in [0.717, 1.165) is 6.42 Å².